The van der Waals surface area contributed by atoms with Gasteiger partial charge in [0.1, 0.15) is 6.61 Å². The molecule has 0 aromatic carbocycles. The molecule has 0 aromatic heterocycles. The molecule has 68 valence electrons. The van der Waals surface area contributed by atoms with Gasteiger partial charge in [0, 0.05) is 12.5 Å². The minimum Gasteiger partial charge on any atom is -0.375 e. The predicted octanol–water partition coefficient (Wildman–Crippen LogP) is 0.769. The van der Waals surface area contributed by atoms with Gasteiger partial charge in [0.25, 0.3) is 0 Å². The largest absolute Gasteiger partial charge is 0.375 e. The third-order valence-electron chi connectivity index (χ3n) is 2.75. The molecule has 0 saturated carbocycles. The molecule has 0 spiro atoms. The predicted molar refractivity (Wildman–Crippen MR) is 42.9 cm³/mol. The molecular formula is C9H14O3. The maximum atomic E-state index is 11.2. The molecule has 0 bridgehead atoms. The summed E-state index contributed by atoms with van der Waals surface area (Å²) in [6.07, 6.45) is 2.30. The molecule has 2 fully saturated rings. The molecule has 2 aliphatic rings. The van der Waals surface area contributed by atoms with E-state index in [1.165, 1.54) is 0 Å². The van der Waals surface area contributed by atoms with E-state index in [2.05, 4.69) is 0 Å². The van der Waals surface area contributed by atoms with Gasteiger partial charge in [-0.1, -0.05) is 6.92 Å². The fourth-order valence-corrected chi connectivity index (χ4v) is 1.92. The van der Waals surface area contributed by atoms with E-state index in [1.54, 1.807) is 0 Å². The summed E-state index contributed by atoms with van der Waals surface area (Å²) in [4.78, 5) is 11.2. The Morgan fingerprint density at radius 1 is 1.42 bits per heavy atom. The Hall–Kier alpha value is -0.410. The van der Waals surface area contributed by atoms with Crippen molar-refractivity contribution in [2.45, 2.75) is 32.0 Å². The maximum absolute atomic E-state index is 11.2. The molecule has 2 aliphatic heterocycles. The van der Waals surface area contributed by atoms with Gasteiger partial charge in [0.2, 0.25) is 0 Å². The molecule has 3 unspecified atom stereocenters. The van der Waals surface area contributed by atoms with Crippen LogP contribution in [0.4, 0.5) is 0 Å². The molecule has 3 atom stereocenters. The van der Waals surface area contributed by atoms with E-state index in [9.17, 15) is 4.79 Å². The highest BCUT2D eigenvalue weighted by molar-refractivity contribution is 5.83. The smallest absolute Gasteiger partial charge is 0.163 e. The molecule has 0 aliphatic carbocycles. The summed E-state index contributed by atoms with van der Waals surface area (Å²) in [6.45, 7) is 3.00. The molecule has 0 aromatic rings. The Morgan fingerprint density at radius 3 is 3.08 bits per heavy atom. The summed E-state index contributed by atoms with van der Waals surface area (Å²) in [7, 11) is 0. The van der Waals surface area contributed by atoms with Crippen molar-refractivity contribution in [3.63, 3.8) is 0 Å². The number of carbonyl (C=O) groups excluding carboxylic acids is 1. The van der Waals surface area contributed by atoms with Crippen LogP contribution in [0, 0.1) is 5.92 Å². The van der Waals surface area contributed by atoms with Gasteiger partial charge in [-0.2, -0.15) is 0 Å². The molecule has 3 heteroatoms. The average molecular weight is 170 g/mol. The van der Waals surface area contributed by atoms with Crippen molar-refractivity contribution in [1.29, 1.82) is 0 Å². The average Bonchev–Trinajstić information content (AvgIpc) is 2.12. The third-order valence-corrected chi connectivity index (χ3v) is 2.75. The number of ether oxygens (including phenoxy) is 2. The monoisotopic (exact) mass is 170 g/mol. The number of carbonyl (C=O) groups is 1. The Morgan fingerprint density at radius 2 is 2.25 bits per heavy atom. The van der Waals surface area contributed by atoms with E-state index >= 15 is 0 Å². The number of fused-ring (bicyclic) bond motifs is 1. The Bertz CT molecular complexity index is 190. The summed E-state index contributed by atoms with van der Waals surface area (Å²) in [5.74, 6) is 0.210. The zero-order valence-corrected chi connectivity index (χ0v) is 7.29. The molecule has 2 rings (SSSR count). The lowest BCUT2D eigenvalue weighted by Crippen LogP contribution is -2.49. The van der Waals surface area contributed by atoms with Crippen LogP contribution in [0.1, 0.15) is 19.8 Å². The highest BCUT2D eigenvalue weighted by Gasteiger charge is 2.38. The van der Waals surface area contributed by atoms with Crippen LogP contribution >= 0.6 is 0 Å². The van der Waals surface area contributed by atoms with Crippen LogP contribution in [-0.2, 0) is 14.3 Å². The number of hydrogen-bond donors (Lipinski definition) is 0. The van der Waals surface area contributed by atoms with Crippen molar-refractivity contribution >= 4 is 5.78 Å². The second-order valence-electron chi connectivity index (χ2n) is 3.58. The molecule has 3 nitrogen and oxygen atoms in total. The lowest BCUT2D eigenvalue weighted by Gasteiger charge is -2.38. The highest BCUT2D eigenvalue weighted by atomic mass is 16.5. The van der Waals surface area contributed by atoms with Crippen molar-refractivity contribution in [1.82, 2.24) is 0 Å². The molecule has 2 saturated heterocycles. The van der Waals surface area contributed by atoms with E-state index < -0.39 is 0 Å². The first-order valence-corrected chi connectivity index (χ1v) is 4.55. The fourth-order valence-electron chi connectivity index (χ4n) is 1.92. The quantitative estimate of drug-likeness (QED) is 0.538. The van der Waals surface area contributed by atoms with Gasteiger partial charge in [-0.05, 0) is 12.8 Å². The second-order valence-corrected chi connectivity index (χ2v) is 3.58. The van der Waals surface area contributed by atoms with Gasteiger partial charge in [0.15, 0.2) is 5.78 Å². The number of ketones is 1. The summed E-state index contributed by atoms with van der Waals surface area (Å²) in [6, 6.07) is 0. The zero-order chi connectivity index (χ0) is 8.55. The molecule has 2 heterocycles. The fraction of sp³-hybridized carbons (Fsp3) is 0.889. The SMILES string of the molecule is CC1C(=O)COC2CCCOC21. The van der Waals surface area contributed by atoms with E-state index in [1.807, 2.05) is 6.92 Å². The van der Waals surface area contributed by atoms with Crippen LogP contribution in [0.2, 0.25) is 0 Å². The molecule has 0 radical (unpaired) electrons. The standard InChI is InChI=1S/C9H14O3/c1-6-7(10)5-12-8-3-2-4-11-9(6)8/h6,8-9H,2-5H2,1H3. The van der Waals surface area contributed by atoms with Gasteiger partial charge < -0.3 is 9.47 Å². The summed E-state index contributed by atoms with van der Waals surface area (Å²) >= 11 is 0. The maximum Gasteiger partial charge on any atom is 0.163 e. The van der Waals surface area contributed by atoms with Crippen LogP contribution in [0.25, 0.3) is 0 Å². The van der Waals surface area contributed by atoms with E-state index in [4.69, 9.17) is 9.47 Å². The Labute approximate surface area is 72.0 Å². The summed E-state index contributed by atoms with van der Waals surface area (Å²) < 4.78 is 10.9. The number of rotatable bonds is 0. The molecular weight excluding hydrogens is 156 g/mol. The van der Waals surface area contributed by atoms with Crippen LogP contribution < -0.4 is 0 Å². The minimum atomic E-state index is 0.0278. The highest BCUT2D eigenvalue weighted by Crippen LogP contribution is 2.27. The minimum absolute atomic E-state index is 0.0278. The summed E-state index contributed by atoms with van der Waals surface area (Å²) in [5, 5.41) is 0. The topological polar surface area (TPSA) is 35.5 Å². The van der Waals surface area contributed by atoms with Gasteiger partial charge >= 0.3 is 0 Å². The van der Waals surface area contributed by atoms with E-state index in [0.29, 0.717) is 0 Å². The van der Waals surface area contributed by atoms with Gasteiger partial charge in [0.05, 0.1) is 12.2 Å². The van der Waals surface area contributed by atoms with Crippen LogP contribution in [0.5, 0.6) is 0 Å². The Kier molecular flexibility index (Phi) is 2.15. The molecule has 12 heavy (non-hydrogen) atoms. The second kappa shape index (κ2) is 3.15. The molecule has 0 amide bonds. The van der Waals surface area contributed by atoms with E-state index in [-0.39, 0.29) is 30.5 Å². The first kappa shape index (κ1) is 8.20. The normalized spacial score (nSPS) is 42.4. The summed E-state index contributed by atoms with van der Waals surface area (Å²) in [5.41, 5.74) is 0. The van der Waals surface area contributed by atoms with Gasteiger partial charge in [-0.15, -0.1) is 0 Å². The zero-order valence-electron chi connectivity index (χ0n) is 7.29. The Balaban J connectivity index is 2.08. The number of hydrogen-bond acceptors (Lipinski definition) is 3. The lowest BCUT2D eigenvalue weighted by atomic mass is 9.89. The van der Waals surface area contributed by atoms with Crippen LogP contribution in [0.3, 0.4) is 0 Å². The van der Waals surface area contributed by atoms with Crippen molar-refractivity contribution in [3.8, 4) is 0 Å². The van der Waals surface area contributed by atoms with Gasteiger partial charge in [-0.3, -0.25) is 4.79 Å². The van der Waals surface area contributed by atoms with Crippen LogP contribution in [0.15, 0.2) is 0 Å². The van der Waals surface area contributed by atoms with Crippen molar-refractivity contribution < 1.29 is 14.3 Å². The number of Topliss-reactive ketones (excluding diaryl/α,β-unsaturated/α-hetero) is 1. The first-order chi connectivity index (χ1) is 5.79. The molecule has 0 N–H and O–H groups in total. The lowest BCUT2D eigenvalue weighted by molar-refractivity contribution is -0.172. The third kappa shape index (κ3) is 1.27. The van der Waals surface area contributed by atoms with Gasteiger partial charge in [-0.25, -0.2) is 0 Å². The first-order valence-electron chi connectivity index (χ1n) is 4.55. The van der Waals surface area contributed by atoms with Crippen molar-refractivity contribution in [2.75, 3.05) is 13.2 Å². The van der Waals surface area contributed by atoms with E-state index in [0.717, 1.165) is 19.4 Å². The van der Waals surface area contributed by atoms with Crippen LogP contribution in [-0.4, -0.2) is 31.2 Å². The van der Waals surface area contributed by atoms with Crippen molar-refractivity contribution in [2.24, 2.45) is 5.92 Å². The van der Waals surface area contributed by atoms with Crippen molar-refractivity contribution in [3.05, 3.63) is 0 Å².